The van der Waals surface area contributed by atoms with E-state index in [1.165, 1.54) is 63.2 Å². The third-order valence-electron chi connectivity index (χ3n) is 4.91. The Bertz CT molecular complexity index is 254. The summed E-state index contributed by atoms with van der Waals surface area (Å²) in [6.07, 6.45) is 14.6. The number of rotatable bonds is 7. The van der Waals surface area contributed by atoms with Gasteiger partial charge in [-0.1, -0.05) is 56.8 Å². The molecule has 2 N–H and O–H groups in total. The van der Waals surface area contributed by atoms with Gasteiger partial charge in [0.25, 0.3) is 0 Å². The summed E-state index contributed by atoms with van der Waals surface area (Å²) >= 11 is 0. The van der Waals surface area contributed by atoms with Gasteiger partial charge in [-0.25, -0.2) is 0 Å². The molecule has 0 spiro atoms. The SMILES string of the molecule is C/C=C(\C)CB(C)CCCC1(CN)CCCCC1. The highest BCUT2D eigenvalue weighted by atomic mass is 14.6. The van der Waals surface area contributed by atoms with Gasteiger partial charge in [-0.2, -0.15) is 0 Å². The Kier molecular flexibility index (Phi) is 7.07. The van der Waals surface area contributed by atoms with E-state index in [4.69, 9.17) is 5.73 Å². The van der Waals surface area contributed by atoms with Crippen LogP contribution in [0.25, 0.3) is 0 Å². The highest BCUT2D eigenvalue weighted by Gasteiger charge is 2.29. The van der Waals surface area contributed by atoms with E-state index in [0.717, 1.165) is 13.3 Å². The van der Waals surface area contributed by atoms with Gasteiger partial charge >= 0.3 is 0 Å². The smallest absolute Gasteiger partial charge is 0.141 e. The van der Waals surface area contributed by atoms with Crippen LogP contribution in [0.1, 0.15) is 58.8 Å². The summed E-state index contributed by atoms with van der Waals surface area (Å²) in [7, 11) is 0. The Labute approximate surface area is 115 Å². The van der Waals surface area contributed by atoms with Crippen LogP contribution in [0.3, 0.4) is 0 Å². The van der Waals surface area contributed by atoms with E-state index in [2.05, 4.69) is 26.7 Å². The molecule has 0 bridgehead atoms. The van der Waals surface area contributed by atoms with E-state index in [0.29, 0.717) is 5.41 Å². The minimum atomic E-state index is 0.508. The van der Waals surface area contributed by atoms with Crippen LogP contribution in [-0.4, -0.2) is 13.3 Å². The summed E-state index contributed by atoms with van der Waals surface area (Å²) in [5.41, 5.74) is 8.09. The van der Waals surface area contributed by atoms with Crippen molar-refractivity contribution in [2.24, 2.45) is 11.1 Å². The third-order valence-corrected chi connectivity index (χ3v) is 4.91. The number of hydrogen-bond acceptors (Lipinski definition) is 1. The molecule has 18 heavy (non-hydrogen) atoms. The van der Waals surface area contributed by atoms with Crippen LogP contribution >= 0.6 is 0 Å². The van der Waals surface area contributed by atoms with Gasteiger partial charge in [-0.3, -0.25) is 0 Å². The average Bonchev–Trinajstić information content (AvgIpc) is 2.39. The van der Waals surface area contributed by atoms with Crippen molar-refractivity contribution in [3.8, 4) is 0 Å². The van der Waals surface area contributed by atoms with E-state index in [-0.39, 0.29) is 0 Å². The van der Waals surface area contributed by atoms with Gasteiger partial charge in [0.05, 0.1) is 0 Å². The molecule has 0 saturated heterocycles. The second-order valence-corrected chi connectivity index (χ2v) is 6.60. The summed E-state index contributed by atoms with van der Waals surface area (Å²) in [5.74, 6) is 0. The molecule has 0 aromatic heterocycles. The number of allylic oxidation sites excluding steroid dienone is 2. The average molecular weight is 249 g/mol. The first-order chi connectivity index (χ1) is 8.62. The van der Waals surface area contributed by atoms with Crippen molar-refractivity contribution < 1.29 is 0 Å². The molecule has 0 radical (unpaired) electrons. The van der Waals surface area contributed by atoms with Gasteiger partial charge in [-0.15, -0.1) is 0 Å². The second-order valence-electron chi connectivity index (χ2n) is 6.60. The van der Waals surface area contributed by atoms with Gasteiger partial charge in [0, 0.05) is 0 Å². The highest BCUT2D eigenvalue weighted by Crippen LogP contribution is 2.39. The van der Waals surface area contributed by atoms with Crippen LogP contribution in [0.2, 0.25) is 19.5 Å². The van der Waals surface area contributed by atoms with Crippen molar-refractivity contribution in [2.45, 2.75) is 78.3 Å². The quantitative estimate of drug-likeness (QED) is 0.510. The highest BCUT2D eigenvalue weighted by molar-refractivity contribution is 6.57. The molecule has 0 unspecified atom stereocenters. The molecule has 0 heterocycles. The maximum atomic E-state index is 6.05. The van der Waals surface area contributed by atoms with Crippen LogP contribution in [0.4, 0.5) is 0 Å². The summed E-state index contributed by atoms with van der Waals surface area (Å²) in [6, 6.07) is 0. The first kappa shape index (κ1) is 15.8. The van der Waals surface area contributed by atoms with E-state index in [9.17, 15) is 0 Å². The molecular weight excluding hydrogens is 217 g/mol. The zero-order valence-corrected chi connectivity index (χ0v) is 12.8. The maximum Gasteiger partial charge on any atom is 0.141 e. The lowest BCUT2D eigenvalue weighted by molar-refractivity contribution is 0.180. The normalized spacial score (nSPS) is 19.9. The number of hydrogen-bond donors (Lipinski definition) is 1. The molecule has 1 nitrogen and oxygen atoms in total. The Morgan fingerprint density at radius 2 is 1.94 bits per heavy atom. The Hall–Kier alpha value is -0.235. The second kappa shape index (κ2) is 8.04. The van der Waals surface area contributed by atoms with E-state index < -0.39 is 0 Å². The molecule has 0 aromatic carbocycles. The molecular formula is C16H32BN. The van der Waals surface area contributed by atoms with Crippen LogP contribution in [-0.2, 0) is 0 Å². The zero-order chi connectivity index (χ0) is 13.4. The van der Waals surface area contributed by atoms with Crippen molar-refractivity contribution in [1.29, 1.82) is 0 Å². The predicted octanol–water partition coefficient (Wildman–Crippen LogP) is 4.77. The topological polar surface area (TPSA) is 26.0 Å². The monoisotopic (exact) mass is 249 g/mol. The lowest BCUT2D eigenvalue weighted by Crippen LogP contribution is -2.32. The fourth-order valence-corrected chi connectivity index (χ4v) is 3.45. The van der Waals surface area contributed by atoms with Gasteiger partial charge in [-0.05, 0) is 45.1 Å². The largest absolute Gasteiger partial charge is 0.330 e. The third kappa shape index (κ3) is 5.18. The van der Waals surface area contributed by atoms with Crippen molar-refractivity contribution in [3.63, 3.8) is 0 Å². The molecule has 1 rings (SSSR count). The van der Waals surface area contributed by atoms with Crippen LogP contribution in [0.15, 0.2) is 11.6 Å². The van der Waals surface area contributed by atoms with Gasteiger partial charge in [0.1, 0.15) is 6.71 Å². The fraction of sp³-hybridized carbons (Fsp3) is 0.875. The predicted molar refractivity (Wildman–Crippen MR) is 84.5 cm³/mol. The minimum absolute atomic E-state index is 0.508. The zero-order valence-electron chi connectivity index (χ0n) is 12.8. The van der Waals surface area contributed by atoms with Crippen molar-refractivity contribution >= 4 is 6.71 Å². The van der Waals surface area contributed by atoms with E-state index in [1.54, 1.807) is 0 Å². The molecule has 0 aliphatic heterocycles. The van der Waals surface area contributed by atoms with Gasteiger partial charge in [0.15, 0.2) is 0 Å². The van der Waals surface area contributed by atoms with Crippen LogP contribution in [0.5, 0.6) is 0 Å². The van der Waals surface area contributed by atoms with Crippen molar-refractivity contribution in [3.05, 3.63) is 11.6 Å². The summed E-state index contributed by atoms with van der Waals surface area (Å²) in [5, 5.41) is 0. The van der Waals surface area contributed by atoms with Gasteiger partial charge < -0.3 is 5.73 Å². The molecule has 2 heteroatoms. The Morgan fingerprint density at radius 1 is 1.28 bits per heavy atom. The van der Waals surface area contributed by atoms with Crippen LogP contribution < -0.4 is 5.73 Å². The Balaban J connectivity index is 2.26. The van der Waals surface area contributed by atoms with Crippen molar-refractivity contribution in [1.82, 2.24) is 0 Å². The molecule has 0 aromatic rings. The minimum Gasteiger partial charge on any atom is -0.330 e. The molecule has 1 aliphatic carbocycles. The lowest BCUT2D eigenvalue weighted by atomic mass is 9.45. The summed E-state index contributed by atoms with van der Waals surface area (Å²) in [4.78, 5) is 0. The van der Waals surface area contributed by atoms with Crippen molar-refractivity contribution in [2.75, 3.05) is 6.54 Å². The van der Waals surface area contributed by atoms with Crippen LogP contribution in [0, 0.1) is 5.41 Å². The Morgan fingerprint density at radius 3 is 2.50 bits per heavy atom. The molecule has 104 valence electrons. The molecule has 0 atom stereocenters. The van der Waals surface area contributed by atoms with E-state index in [1.807, 2.05) is 0 Å². The first-order valence-electron chi connectivity index (χ1n) is 7.94. The van der Waals surface area contributed by atoms with E-state index >= 15 is 0 Å². The standard InChI is InChI=1S/C16H32BN/c1-4-15(2)13-17(3)12-8-11-16(14-18)9-6-5-7-10-16/h4H,5-14,18H2,1-3H3/b15-4+. The molecule has 1 fully saturated rings. The molecule has 1 aliphatic rings. The summed E-state index contributed by atoms with van der Waals surface area (Å²) < 4.78 is 0. The van der Waals surface area contributed by atoms with Gasteiger partial charge in [0.2, 0.25) is 0 Å². The maximum absolute atomic E-state index is 6.05. The summed E-state index contributed by atoms with van der Waals surface area (Å²) in [6.45, 7) is 8.53. The number of nitrogens with two attached hydrogens (primary N) is 1. The molecule has 0 amide bonds. The molecule has 1 saturated carbocycles. The lowest BCUT2D eigenvalue weighted by Gasteiger charge is -2.36. The fourth-order valence-electron chi connectivity index (χ4n) is 3.45. The first-order valence-corrected chi connectivity index (χ1v) is 7.94.